The predicted molar refractivity (Wildman–Crippen MR) is 97.3 cm³/mol. The summed E-state index contributed by atoms with van der Waals surface area (Å²) in [6.07, 6.45) is 0. The average Bonchev–Trinajstić information content (AvgIpc) is 2.54. The van der Waals surface area contributed by atoms with E-state index in [9.17, 15) is 9.59 Å². The Balaban J connectivity index is 1.97. The zero-order valence-corrected chi connectivity index (χ0v) is 15.1. The number of benzene rings is 2. The lowest BCUT2D eigenvalue weighted by Crippen LogP contribution is -2.20. The van der Waals surface area contributed by atoms with Crippen LogP contribution in [-0.4, -0.2) is 18.4 Å². The molecule has 0 saturated heterocycles. The summed E-state index contributed by atoms with van der Waals surface area (Å²) in [5.41, 5.74) is 7.17. The molecule has 0 aliphatic heterocycles. The first-order chi connectivity index (χ1) is 11.4. The van der Waals surface area contributed by atoms with Crippen LogP contribution >= 0.6 is 15.9 Å². The van der Waals surface area contributed by atoms with Crippen molar-refractivity contribution in [1.29, 1.82) is 0 Å². The quantitative estimate of drug-likeness (QED) is 0.788. The number of amides is 2. The summed E-state index contributed by atoms with van der Waals surface area (Å²) >= 11 is 3.44. The molecule has 2 rings (SSSR count). The Morgan fingerprint density at radius 2 is 1.83 bits per heavy atom. The lowest BCUT2D eigenvalue weighted by atomic mass is 10.0. The van der Waals surface area contributed by atoms with E-state index in [1.165, 1.54) is 0 Å². The van der Waals surface area contributed by atoms with Crippen LogP contribution in [0.3, 0.4) is 0 Å². The molecule has 0 aliphatic carbocycles. The smallest absolute Gasteiger partial charge is 0.262 e. The van der Waals surface area contributed by atoms with Crippen LogP contribution in [0.1, 0.15) is 35.7 Å². The highest BCUT2D eigenvalue weighted by molar-refractivity contribution is 9.10. The lowest BCUT2D eigenvalue weighted by molar-refractivity contribution is -0.118. The summed E-state index contributed by atoms with van der Waals surface area (Å²) in [6.45, 7) is 4.03. The molecular formula is C18H19BrN2O3. The van der Waals surface area contributed by atoms with E-state index in [4.69, 9.17) is 10.5 Å². The van der Waals surface area contributed by atoms with Crippen LogP contribution < -0.4 is 15.8 Å². The van der Waals surface area contributed by atoms with Gasteiger partial charge in [0.2, 0.25) is 5.91 Å². The summed E-state index contributed by atoms with van der Waals surface area (Å²) in [4.78, 5) is 23.0. The topological polar surface area (TPSA) is 81.4 Å². The Hall–Kier alpha value is -2.34. The Morgan fingerprint density at radius 3 is 2.42 bits per heavy atom. The van der Waals surface area contributed by atoms with E-state index in [-0.39, 0.29) is 18.4 Å². The van der Waals surface area contributed by atoms with Gasteiger partial charge >= 0.3 is 0 Å². The van der Waals surface area contributed by atoms with Crippen LogP contribution in [0.4, 0.5) is 5.69 Å². The van der Waals surface area contributed by atoms with Crippen molar-refractivity contribution >= 4 is 33.4 Å². The average molecular weight is 391 g/mol. The molecule has 3 N–H and O–H groups in total. The molecule has 0 saturated carbocycles. The van der Waals surface area contributed by atoms with Gasteiger partial charge < -0.3 is 15.8 Å². The van der Waals surface area contributed by atoms with Gasteiger partial charge in [-0.05, 0) is 53.9 Å². The van der Waals surface area contributed by atoms with Crippen molar-refractivity contribution < 1.29 is 14.3 Å². The van der Waals surface area contributed by atoms with Crippen molar-refractivity contribution in [2.24, 2.45) is 5.73 Å². The van der Waals surface area contributed by atoms with E-state index in [2.05, 4.69) is 35.1 Å². The number of rotatable bonds is 6. The van der Waals surface area contributed by atoms with Gasteiger partial charge in [-0.25, -0.2) is 0 Å². The second-order valence-electron chi connectivity index (χ2n) is 5.62. The molecule has 0 unspecified atom stereocenters. The van der Waals surface area contributed by atoms with Crippen molar-refractivity contribution in [1.82, 2.24) is 0 Å². The molecule has 0 fully saturated rings. The minimum absolute atomic E-state index is 0.0983. The molecule has 0 heterocycles. The van der Waals surface area contributed by atoms with Gasteiger partial charge in [0.15, 0.2) is 6.61 Å². The minimum Gasteiger partial charge on any atom is -0.483 e. The van der Waals surface area contributed by atoms with Gasteiger partial charge in [-0.1, -0.05) is 29.8 Å². The van der Waals surface area contributed by atoms with Crippen molar-refractivity contribution in [3.05, 3.63) is 58.1 Å². The molecule has 0 aliphatic rings. The highest BCUT2D eigenvalue weighted by Gasteiger charge is 2.11. The first-order valence-corrected chi connectivity index (χ1v) is 8.28. The van der Waals surface area contributed by atoms with Crippen molar-refractivity contribution in [2.45, 2.75) is 19.8 Å². The maximum Gasteiger partial charge on any atom is 0.262 e. The van der Waals surface area contributed by atoms with Gasteiger partial charge in [-0.15, -0.1) is 0 Å². The fourth-order valence-corrected chi connectivity index (χ4v) is 2.54. The summed E-state index contributed by atoms with van der Waals surface area (Å²) in [5.74, 6) is 0.182. The molecule has 2 aromatic rings. The third-order valence-corrected chi connectivity index (χ3v) is 3.90. The first kappa shape index (κ1) is 18.0. The Labute approximate surface area is 149 Å². The molecule has 2 amide bonds. The molecule has 0 radical (unpaired) electrons. The fraction of sp³-hybridized carbons (Fsp3) is 0.222. The number of carbonyl (C=O) groups is 2. The SMILES string of the molecule is CC(C)c1cc(Br)ccc1OCC(=O)Nc1ccc(C(N)=O)cc1. The maximum atomic E-state index is 12.0. The van der Waals surface area contributed by atoms with E-state index in [0.29, 0.717) is 17.0 Å². The fourth-order valence-electron chi connectivity index (χ4n) is 2.16. The Bertz CT molecular complexity index is 742. The van der Waals surface area contributed by atoms with Crippen LogP contribution in [0.5, 0.6) is 5.75 Å². The second-order valence-corrected chi connectivity index (χ2v) is 6.53. The molecule has 126 valence electrons. The molecule has 6 heteroatoms. The highest BCUT2D eigenvalue weighted by Crippen LogP contribution is 2.29. The normalized spacial score (nSPS) is 10.5. The Morgan fingerprint density at radius 1 is 1.17 bits per heavy atom. The molecule has 0 spiro atoms. The number of hydrogen-bond acceptors (Lipinski definition) is 3. The zero-order chi connectivity index (χ0) is 17.7. The van der Waals surface area contributed by atoms with Gasteiger partial charge in [-0.2, -0.15) is 0 Å². The number of halogens is 1. The van der Waals surface area contributed by atoms with Crippen LogP contribution in [0.15, 0.2) is 46.9 Å². The maximum absolute atomic E-state index is 12.0. The van der Waals surface area contributed by atoms with Gasteiger partial charge in [0, 0.05) is 15.7 Å². The third kappa shape index (κ3) is 4.83. The molecule has 5 nitrogen and oxygen atoms in total. The molecular weight excluding hydrogens is 372 g/mol. The molecule has 0 aromatic heterocycles. The molecule has 24 heavy (non-hydrogen) atoms. The zero-order valence-electron chi connectivity index (χ0n) is 13.5. The summed E-state index contributed by atoms with van der Waals surface area (Å²) < 4.78 is 6.61. The molecule has 0 atom stereocenters. The van der Waals surface area contributed by atoms with Gasteiger partial charge in [-0.3, -0.25) is 9.59 Å². The van der Waals surface area contributed by atoms with Crippen LogP contribution in [-0.2, 0) is 4.79 Å². The van der Waals surface area contributed by atoms with E-state index in [1.807, 2.05) is 18.2 Å². The summed E-state index contributed by atoms with van der Waals surface area (Å²) in [7, 11) is 0. The van der Waals surface area contributed by atoms with Gasteiger partial charge in [0.05, 0.1) is 0 Å². The number of hydrogen-bond donors (Lipinski definition) is 2. The van der Waals surface area contributed by atoms with Crippen LogP contribution in [0.25, 0.3) is 0 Å². The van der Waals surface area contributed by atoms with Gasteiger partial charge in [0.25, 0.3) is 5.91 Å². The minimum atomic E-state index is -0.507. The number of nitrogens with one attached hydrogen (secondary N) is 1. The van der Waals surface area contributed by atoms with E-state index < -0.39 is 5.91 Å². The number of ether oxygens (including phenoxy) is 1. The van der Waals surface area contributed by atoms with E-state index in [0.717, 1.165) is 10.0 Å². The van der Waals surface area contributed by atoms with Crippen LogP contribution in [0.2, 0.25) is 0 Å². The van der Waals surface area contributed by atoms with E-state index >= 15 is 0 Å². The number of anilines is 1. The third-order valence-electron chi connectivity index (χ3n) is 3.41. The largest absolute Gasteiger partial charge is 0.483 e. The lowest BCUT2D eigenvalue weighted by Gasteiger charge is -2.14. The Kier molecular flexibility index (Phi) is 5.98. The van der Waals surface area contributed by atoms with Crippen molar-refractivity contribution in [3.63, 3.8) is 0 Å². The van der Waals surface area contributed by atoms with Gasteiger partial charge in [0.1, 0.15) is 5.75 Å². The summed E-state index contributed by atoms with van der Waals surface area (Å²) in [6, 6.07) is 12.1. The standard InChI is InChI=1S/C18H19BrN2O3/c1-11(2)15-9-13(19)5-8-16(15)24-10-17(22)21-14-6-3-12(4-7-14)18(20)23/h3-9,11H,10H2,1-2H3,(H2,20,23)(H,21,22). The number of nitrogens with two attached hydrogens (primary N) is 1. The molecule has 2 aromatic carbocycles. The van der Waals surface area contributed by atoms with Crippen molar-refractivity contribution in [3.8, 4) is 5.75 Å². The highest BCUT2D eigenvalue weighted by atomic mass is 79.9. The predicted octanol–water partition coefficient (Wildman–Crippen LogP) is 3.69. The van der Waals surface area contributed by atoms with Crippen LogP contribution in [0, 0.1) is 0 Å². The monoisotopic (exact) mass is 390 g/mol. The van der Waals surface area contributed by atoms with E-state index in [1.54, 1.807) is 24.3 Å². The van der Waals surface area contributed by atoms with Crippen molar-refractivity contribution in [2.75, 3.05) is 11.9 Å². The second kappa shape index (κ2) is 7.97. The first-order valence-electron chi connectivity index (χ1n) is 7.49. The molecule has 0 bridgehead atoms. The summed E-state index contributed by atoms with van der Waals surface area (Å²) in [5, 5.41) is 2.71. The number of primary amides is 1. The number of carbonyl (C=O) groups excluding carboxylic acids is 2.